The van der Waals surface area contributed by atoms with Crippen LogP contribution in [-0.4, -0.2) is 36.4 Å². The predicted molar refractivity (Wildman–Crippen MR) is 153 cm³/mol. The smallest absolute Gasteiger partial charge is 0.407 e. The maximum absolute atomic E-state index is 12.6. The van der Waals surface area contributed by atoms with E-state index < -0.39 is 23.7 Å². The van der Waals surface area contributed by atoms with E-state index in [9.17, 15) is 19.5 Å². The maximum Gasteiger partial charge on any atom is 0.407 e. The number of carbonyl (C=O) groups excluding carboxylic acids is 1. The molecule has 0 unspecified atom stereocenters. The molecule has 204 valence electrons. The van der Waals surface area contributed by atoms with Gasteiger partial charge in [-0.15, -0.1) is 0 Å². The van der Waals surface area contributed by atoms with Crippen LogP contribution in [0, 0.1) is 0 Å². The molecule has 0 aliphatic heterocycles. The van der Waals surface area contributed by atoms with Gasteiger partial charge in [0, 0.05) is 23.4 Å². The lowest BCUT2D eigenvalue weighted by Crippen LogP contribution is -2.45. The van der Waals surface area contributed by atoms with Crippen molar-refractivity contribution < 1.29 is 28.6 Å². The Labute approximate surface area is 234 Å². The Hall–Kier alpha value is -5.37. The number of aliphatic carboxylic acids is 1. The Kier molecular flexibility index (Phi) is 6.95. The summed E-state index contributed by atoms with van der Waals surface area (Å²) >= 11 is 0. The molecule has 1 aliphatic rings. The van der Waals surface area contributed by atoms with Crippen LogP contribution < -0.4 is 15.7 Å². The zero-order valence-corrected chi connectivity index (χ0v) is 21.8. The van der Waals surface area contributed by atoms with Gasteiger partial charge in [-0.05, 0) is 45.5 Å². The van der Waals surface area contributed by atoms with Gasteiger partial charge in [-0.25, -0.2) is 14.4 Å². The van der Waals surface area contributed by atoms with Crippen molar-refractivity contribution in [2.75, 3.05) is 13.2 Å². The monoisotopic (exact) mass is 547 g/mol. The molecular weight excluding hydrogens is 522 g/mol. The number of carboxylic acid groups (broad SMARTS) is 1. The van der Waals surface area contributed by atoms with E-state index in [1.54, 1.807) is 12.1 Å². The lowest BCUT2D eigenvalue weighted by Gasteiger charge is -2.18. The topological polar surface area (TPSA) is 115 Å². The zero-order valence-electron chi connectivity index (χ0n) is 21.8. The third-order valence-electron chi connectivity index (χ3n) is 7.15. The third-order valence-corrected chi connectivity index (χ3v) is 7.15. The van der Waals surface area contributed by atoms with Crippen LogP contribution in [0.25, 0.3) is 33.2 Å². The Balaban J connectivity index is 1.12. The van der Waals surface area contributed by atoms with Crippen molar-refractivity contribution in [3.05, 3.63) is 125 Å². The number of benzene rings is 4. The molecule has 1 atom stereocenters. The molecule has 1 aromatic heterocycles. The molecular formula is C33H25NO7. The molecule has 41 heavy (non-hydrogen) atoms. The summed E-state index contributed by atoms with van der Waals surface area (Å²) in [5, 5.41) is 12.8. The highest BCUT2D eigenvalue weighted by Crippen LogP contribution is 2.44. The number of ether oxygens (including phenoxy) is 2. The van der Waals surface area contributed by atoms with Crippen LogP contribution in [0.4, 0.5) is 4.79 Å². The largest absolute Gasteiger partial charge is 0.491 e. The van der Waals surface area contributed by atoms with E-state index in [0.717, 1.165) is 27.8 Å². The summed E-state index contributed by atoms with van der Waals surface area (Å²) in [5.74, 6) is -1.15. The number of hydrogen-bond acceptors (Lipinski definition) is 6. The second-order valence-electron chi connectivity index (χ2n) is 9.67. The summed E-state index contributed by atoms with van der Waals surface area (Å²) < 4.78 is 16.5. The SMILES string of the molecule is O=C(N[C@@H](COc1ccc2c(-c3ccccc3)cc(=O)oc2c1)C(=O)O)OCC1c2ccccc2-c2ccccc21. The molecule has 0 bridgehead atoms. The number of rotatable bonds is 8. The minimum absolute atomic E-state index is 0.0561. The van der Waals surface area contributed by atoms with Gasteiger partial charge in [-0.2, -0.15) is 0 Å². The Bertz CT molecular complexity index is 1770. The van der Waals surface area contributed by atoms with Crippen LogP contribution in [0.5, 0.6) is 5.75 Å². The lowest BCUT2D eigenvalue weighted by atomic mass is 9.98. The molecule has 6 rings (SSSR count). The number of nitrogens with one attached hydrogen (secondary N) is 1. The first kappa shape index (κ1) is 25.9. The van der Waals surface area contributed by atoms with E-state index in [2.05, 4.69) is 5.32 Å². The van der Waals surface area contributed by atoms with Crippen LogP contribution >= 0.6 is 0 Å². The molecule has 1 aliphatic carbocycles. The number of fused-ring (bicyclic) bond motifs is 4. The Morgan fingerprint density at radius 3 is 2.17 bits per heavy atom. The number of carbonyl (C=O) groups is 2. The highest BCUT2D eigenvalue weighted by Gasteiger charge is 2.30. The van der Waals surface area contributed by atoms with Crippen molar-refractivity contribution in [3.63, 3.8) is 0 Å². The van der Waals surface area contributed by atoms with Gasteiger partial charge in [-0.1, -0.05) is 78.9 Å². The fourth-order valence-corrected chi connectivity index (χ4v) is 5.23. The summed E-state index contributed by atoms with van der Waals surface area (Å²) in [4.78, 5) is 36.7. The van der Waals surface area contributed by atoms with Crippen molar-refractivity contribution in [3.8, 4) is 28.0 Å². The number of hydrogen-bond donors (Lipinski definition) is 2. The molecule has 5 aromatic rings. The molecule has 1 amide bonds. The van der Waals surface area contributed by atoms with Crippen molar-refractivity contribution >= 4 is 23.0 Å². The van der Waals surface area contributed by atoms with Gasteiger partial charge in [0.2, 0.25) is 0 Å². The van der Waals surface area contributed by atoms with Gasteiger partial charge in [0.1, 0.15) is 24.5 Å². The minimum Gasteiger partial charge on any atom is -0.491 e. The summed E-state index contributed by atoms with van der Waals surface area (Å²) in [7, 11) is 0. The van der Waals surface area contributed by atoms with Crippen LogP contribution in [0.3, 0.4) is 0 Å². The minimum atomic E-state index is -1.37. The van der Waals surface area contributed by atoms with Crippen molar-refractivity contribution in [1.82, 2.24) is 5.32 Å². The van der Waals surface area contributed by atoms with Gasteiger partial charge in [0.15, 0.2) is 6.04 Å². The molecule has 8 nitrogen and oxygen atoms in total. The molecule has 2 N–H and O–H groups in total. The van der Waals surface area contributed by atoms with E-state index in [4.69, 9.17) is 13.9 Å². The normalized spacial score (nSPS) is 12.8. The fraction of sp³-hybridized carbons (Fsp3) is 0.121. The lowest BCUT2D eigenvalue weighted by molar-refractivity contribution is -0.140. The van der Waals surface area contributed by atoms with E-state index in [1.165, 1.54) is 12.1 Å². The average molecular weight is 548 g/mol. The highest BCUT2D eigenvalue weighted by atomic mass is 16.6. The van der Waals surface area contributed by atoms with E-state index >= 15 is 0 Å². The first-order valence-corrected chi connectivity index (χ1v) is 13.1. The van der Waals surface area contributed by atoms with Crippen LogP contribution in [0.1, 0.15) is 17.0 Å². The summed E-state index contributed by atoms with van der Waals surface area (Å²) in [6.07, 6.45) is -0.861. The molecule has 0 fully saturated rings. The predicted octanol–water partition coefficient (Wildman–Crippen LogP) is 5.83. The van der Waals surface area contributed by atoms with Crippen molar-refractivity contribution in [1.29, 1.82) is 0 Å². The second-order valence-corrected chi connectivity index (χ2v) is 9.67. The molecule has 1 heterocycles. The van der Waals surface area contributed by atoms with Crippen LogP contribution in [0.15, 0.2) is 112 Å². The number of amides is 1. The van der Waals surface area contributed by atoms with Crippen molar-refractivity contribution in [2.45, 2.75) is 12.0 Å². The first-order chi connectivity index (χ1) is 20.0. The summed E-state index contributed by atoms with van der Waals surface area (Å²) in [5.41, 5.74) is 5.64. The molecule has 4 aromatic carbocycles. The second kappa shape index (κ2) is 11.0. The summed E-state index contributed by atoms with van der Waals surface area (Å²) in [6.45, 7) is -0.311. The van der Waals surface area contributed by atoms with E-state index in [0.29, 0.717) is 16.5 Å². The van der Waals surface area contributed by atoms with Gasteiger partial charge >= 0.3 is 17.7 Å². The van der Waals surface area contributed by atoms with Crippen LogP contribution in [0.2, 0.25) is 0 Å². The quantitative estimate of drug-likeness (QED) is 0.235. The molecule has 0 spiro atoms. The van der Waals surface area contributed by atoms with Gasteiger partial charge in [-0.3, -0.25) is 0 Å². The molecule has 8 heteroatoms. The third kappa shape index (κ3) is 5.27. The number of alkyl carbamates (subject to hydrolysis) is 1. The Morgan fingerprint density at radius 1 is 0.829 bits per heavy atom. The van der Waals surface area contributed by atoms with Crippen LogP contribution in [-0.2, 0) is 9.53 Å². The van der Waals surface area contributed by atoms with Gasteiger partial charge in [0.05, 0.1) is 0 Å². The standard InChI is InChI=1S/C33H25NO7/c35-31-17-27(20-8-2-1-3-9-20)26-15-14-21(16-30(26)41-31)39-19-29(32(36)37)34-33(38)40-18-28-24-12-6-4-10-22(24)23-11-5-7-13-25(23)28/h1-17,28-29H,18-19H2,(H,34,38)(H,36,37)/t29-/m0/s1. The molecule has 0 saturated carbocycles. The summed E-state index contributed by atoms with van der Waals surface area (Å²) in [6, 6.07) is 30.3. The van der Waals surface area contributed by atoms with E-state index in [-0.39, 0.29) is 24.9 Å². The Morgan fingerprint density at radius 2 is 1.49 bits per heavy atom. The number of carboxylic acids is 1. The fourth-order valence-electron chi connectivity index (χ4n) is 5.23. The molecule has 0 saturated heterocycles. The van der Waals surface area contributed by atoms with Gasteiger partial charge < -0.3 is 24.3 Å². The zero-order chi connectivity index (χ0) is 28.3. The molecule has 0 radical (unpaired) electrons. The van der Waals surface area contributed by atoms with Gasteiger partial charge in [0.25, 0.3) is 0 Å². The van der Waals surface area contributed by atoms with E-state index in [1.807, 2.05) is 78.9 Å². The first-order valence-electron chi connectivity index (χ1n) is 13.1. The van der Waals surface area contributed by atoms with Crippen molar-refractivity contribution in [2.24, 2.45) is 0 Å². The average Bonchev–Trinajstić information content (AvgIpc) is 3.31. The maximum atomic E-state index is 12.6. The highest BCUT2D eigenvalue weighted by molar-refractivity contribution is 5.93.